The summed E-state index contributed by atoms with van der Waals surface area (Å²) in [6, 6.07) is 15.1. The molecule has 2 aromatic rings. The van der Waals surface area contributed by atoms with Crippen molar-refractivity contribution in [1.82, 2.24) is 5.01 Å². The molecule has 0 fully saturated rings. The van der Waals surface area contributed by atoms with Crippen LogP contribution in [0.1, 0.15) is 30.9 Å². The molecule has 0 saturated carbocycles. The first kappa shape index (κ1) is 22.1. The second kappa shape index (κ2) is 9.49. The molecule has 3 rings (SSSR count). The first-order valence-electron chi connectivity index (χ1n) is 9.28. The fourth-order valence-corrected chi connectivity index (χ4v) is 5.13. The van der Waals surface area contributed by atoms with Crippen molar-refractivity contribution in [2.24, 2.45) is 10.8 Å². The lowest BCUT2D eigenvalue weighted by Crippen LogP contribution is -2.46. The van der Waals surface area contributed by atoms with Gasteiger partial charge in [-0.3, -0.25) is 4.79 Å². The van der Waals surface area contributed by atoms with E-state index in [-0.39, 0.29) is 5.91 Å². The second-order valence-electron chi connectivity index (χ2n) is 6.74. The number of hydrazone groups is 1. The quantitative estimate of drug-likeness (QED) is 0.652. The minimum Gasteiger partial charge on any atom is -0.372 e. The van der Waals surface area contributed by atoms with E-state index in [2.05, 4.69) is 0 Å². The van der Waals surface area contributed by atoms with Crippen LogP contribution in [0.25, 0.3) is 0 Å². The first-order chi connectivity index (χ1) is 13.9. The molecule has 5 nitrogen and oxygen atoms in total. The number of thioether (sulfide) groups is 1. The lowest BCUT2D eigenvalue weighted by atomic mass is 10.00. The molecular formula is C21H23Cl2N3O2S. The topological polar surface area (TPSA) is 67.9 Å². The summed E-state index contributed by atoms with van der Waals surface area (Å²) >= 11 is 13.9. The van der Waals surface area contributed by atoms with Crippen molar-refractivity contribution in [1.29, 1.82) is 0 Å². The summed E-state index contributed by atoms with van der Waals surface area (Å²) in [4.78, 5) is 12.5. The molecule has 1 aliphatic rings. The Balaban J connectivity index is 2.13. The van der Waals surface area contributed by atoms with E-state index in [9.17, 15) is 4.79 Å². The highest BCUT2D eigenvalue weighted by Crippen LogP contribution is 2.50. The zero-order valence-corrected chi connectivity index (χ0v) is 18.6. The predicted octanol–water partition coefficient (Wildman–Crippen LogP) is 4.86. The molecule has 0 aromatic heterocycles. The Hall–Kier alpha value is -1.57. The maximum absolute atomic E-state index is 13.2. The number of halogens is 2. The van der Waals surface area contributed by atoms with Gasteiger partial charge in [0.25, 0.3) is 5.91 Å². The molecular weight excluding hydrogens is 429 g/mol. The van der Waals surface area contributed by atoms with Crippen molar-refractivity contribution < 1.29 is 9.53 Å². The molecule has 0 bridgehead atoms. The van der Waals surface area contributed by atoms with Crippen molar-refractivity contribution in [3.8, 4) is 0 Å². The molecule has 2 atom stereocenters. The summed E-state index contributed by atoms with van der Waals surface area (Å²) in [7, 11) is 1.51. The number of benzene rings is 2. The van der Waals surface area contributed by atoms with Gasteiger partial charge in [0.1, 0.15) is 16.0 Å². The molecule has 154 valence electrons. The van der Waals surface area contributed by atoms with Gasteiger partial charge in [-0.2, -0.15) is 5.10 Å². The number of carbonyl (C=O) groups excluding carboxylic acids is 1. The molecule has 1 unspecified atom stereocenters. The number of rotatable bonds is 7. The van der Waals surface area contributed by atoms with E-state index in [4.69, 9.17) is 38.8 Å². The lowest BCUT2D eigenvalue weighted by Gasteiger charge is -2.36. The summed E-state index contributed by atoms with van der Waals surface area (Å²) in [6.07, 6.45) is 0.732. The summed E-state index contributed by atoms with van der Waals surface area (Å²) in [5, 5.41) is 7.96. The molecule has 29 heavy (non-hydrogen) atoms. The Morgan fingerprint density at radius 2 is 1.90 bits per heavy atom. The van der Waals surface area contributed by atoms with E-state index >= 15 is 0 Å². The molecule has 2 N–H and O–H groups in total. The summed E-state index contributed by atoms with van der Waals surface area (Å²) < 4.78 is 5.30. The van der Waals surface area contributed by atoms with Crippen LogP contribution in [0.4, 0.5) is 0 Å². The van der Waals surface area contributed by atoms with Gasteiger partial charge in [0, 0.05) is 22.7 Å². The zero-order chi connectivity index (χ0) is 21.0. The van der Waals surface area contributed by atoms with E-state index in [0.29, 0.717) is 28.1 Å². The van der Waals surface area contributed by atoms with Crippen LogP contribution in [0.2, 0.25) is 10.0 Å². The monoisotopic (exact) mass is 451 g/mol. The molecule has 1 aliphatic heterocycles. The highest BCUT2D eigenvalue weighted by atomic mass is 35.5. The van der Waals surface area contributed by atoms with E-state index < -0.39 is 11.0 Å². The summed E-state index contributed by atoms with van der Waals surface area (Å²) in [5.41, 5.74) is 7.57. The highest BCUT2D eigenvalue weighted by molar-refractivity contribution is 8.15. The van der Waals surface area contributed by atoms with Gasteiger partial charge in [0.2, 0.25) is 0 Å². The van der Waals surface area contributed by atoms with Crippen LogP contribution >= 0.6 is 35.0 Å². The Morgan fingerprint density at radius 3 is 2.48 bits per heavy atom. The third-order valence-electron chi connectivity index (χ3n) is 4.76. The fraction of sp³-hybridized carbons (Fsp3) is 0.333. The van der Waals surface area contributed by atoms with Gasteiger partial charge >= 0.3 is 0 Å². The highest BCUT2D eigenvalue weighted by Gasteiger charge is 2.49. The fourth-order valence-electron chi connectivity index (χ4n) is 3.21. The minimum absolute atomic E-state index is 0.219. The lowest BCUT2D eigenvalue weighted by molar-refractivity contribution is -0.144. The second-order valence-corrected chi connectivity index (χ2v) is 8.88. The Morgan fingerprint density at radius 1 is 1.24 bits per heavy atom. The summed E-state index contributed by atoms with van der Waals surface area (Å²) in [6.45, 7) is 2.23. The third kappa shape index (κ3) is 4.62. The van der Waals surface area contributed by atoms with Crippen LogP contribution in [-0.4, -0.2) is 35.7 Å². The molecule has 0 saturated heterocycles. The number of carbonyl (C=O) groups is 1. The number of nitrogens with two attached hydrogens (primary N) is 1. The first-order valence-corrected chi connectivity index (χ1v) is 10.8. The standard InChI is InChI=1S/C21H23Cl2N3O2S/c1-14(28-2)20(27)26-21(9-6-10-24,16-7-4-3-5-8-16)29-19(25-26)15-11-17(22)13-18(23)12-15/h3-5,7-8,11-14H,6,9-10,24H2,1-2H3/t14-,21?/m0/s1. The molecule has 1 amide bonds. The van der Waals surface area contributed by atoms with E-state index in [1.165, 1.54) is 18.9 Å². The van der Waals surface area contributed by atoms with Crippen molar-refractivity contribution >= 4 is 45.9 Å². The number of methoxy groups -OCH3 is 1. The van der Waals surface area contributed by atoms with Crippen molar-refractivity contribution in [3.05, 3.63) is 69.7 Å². The third-order valence-corrected chi connectivity index (χ3v) is 6.66. The van der Waals surface area contributed by atoms with Crippen LogP contribution < -0.4 is 5.73 Å². The van der Waals surface area contributed by atoms with Crippen molar-refractivity contribution in [3.63, 3.8) is 0 Å². The maximum atomic E-state index is 13.2. The Labute approximate surface area is 185 Å². The molecule has 0 radical (unpaired) electrons. The van der Waals surface area contributed by atoms with Gasteiger partial charge in [0.05, 0.1) is 0 Å². The van der Waals surface area contributed by atoms with Gasteiger partial charge in [0.15, 0.2) is 0 Å². The Bertz CT molecular complexity index is 890. The van der Waals surface area contributed by atoms with Gasteiger partial charge in [-0.1, -0.05) is 65.3 Å². The van der Waals surface area contributed by atoms with Crippen molar-refractivity contribution in [2.75, 3.05) is 13.7 Å². The molecule has 8 heteroatoms. The van der Waals surface area contributed by atoms with E-state index in [1.54, 1.807) is 30.1 Å². The van der Waals surface area contributed by atoms with E-state index in [0.717, 1.165) is 17.5 Å². The number of nitrogens with zero attached hydrogens (tertiary/aromatic N) is 2. The largest absolute Gasteiger partial charge is 0.372 e. The van der Waals surface area contributed by atoms with Gasteiger partial charge in [-0.15, -0.1) is 0 Å². The number of amides is 1. The molecule has 0 spiro atoms. The smallest absolute Gasteiger partial charge is 0.273 e. The summed E-state index contributed by atoms with van der Waals surface area (Å²) in [5.74, 6) is -0.219. The number of ether oxygens (including phenoxy) is 1. The maximum Gasteiger partial charge on any atom is 0.273 e. The average molecular weight is 452 g/mol. The van der Waals surface area contributed by atoms with Crippen LogP contribution in [0.3, 0.4) is 0 Å². The van der Waals surface area contributed by atoms with Gasteiger partial charge in [-0.25, -0.2) is 5.01 Å². The number of hydrogen-bond donors (Lipinski definition) is 1. The zero-order valence-electron chi connectivity index (χ0n) is 16.3. The normalized spacial score (nSPS) is 19.9. The van der Waals surface area contributed by atoms with Crippen LogP contribution in [0, 0.1) is 0 Å². The average Bonchev–Trinajstić information content (AvgIpc) is 3.12. The predicted molar refractivity (Wildman–Crippen MR) is 120 cm³/mol. The molecule has 2 aromatic carbocycles. The van der Waals surface area contributed by atoms with Crippen LogP contribution in [-0.2, 0) is 14.4 Å². The SMILES string of the molecule is CO[C@@H](C)C(=O)N1N=C(c2cc(Cl)cc(Cl)c2)SC1(CCCN)c1ccccc1. The molecule has 1 heterocycles. The van der Waals surface area contributed by atoms with Crippen LogP contribution in [0.15, 0.2) is 53.6 Å². The minimum atomic E-state index is -0.728. The van der Waals surface area contributed by atoms with Gasteiger partial charge in [-0.05, 0) is 50.1 Å². The number of hydrogen-bond acceptors (Lipinski definition) is 5. The van der Waals surface area contributed by atoms with Crippen LogP contribution in [0.5, 0.6) is 0 Å². The van der Waals surface area contributed by atoms with Gasteiger partial charge < -0.3 is 10.5 Å². The van der Waals surface area contributed by atoms with E-state index in [1.807, 2.05) is 30.3 Å². The molecule has 0 aliphatic carbocycles. The van der Waals surface area contributed by atoms with Crippen molar-refractivity contribution in [2.45, 2.75) is 30.7 Å². The Kier molecular flexibility index (Phi) is 7.24.